The molecule has 0 spiro atoms. The van der Waals surface area contributed by atoms with Crippen molar-refractivity contribution in [2.24, 2.45) is 24.6 Å². The number of nitrogens with two attached hydrogens (primary N) is 1. The quantitative estimate of drug-likeness (QED) is 0.759. The Bertz CT molecular complexity index is 389. The summed E-state index contributed by atoms with van der Waals surface area (Å²) in [6.07, 6.45) is 4.74. The topological polar surface area (TPSA) is 85.8 Å². The van der Waals surface area contributed by atoms with Crippen molar-refractivity contribution in [2.75, 3.05) is 6.54 Å². The normalized spacial score (nSPS) is 23.9. The molecule has 0 saturated heterocycles. The minimum Gasteiger partial charge on any atom is -0.349 e. The van der Waals surface area contributed by atoms with Crippen molar-refractivity contribution in [3.05, 3.63) is 12.2 Å². The average molecular weight is 237 g/mol. The molecule has 1 heterocycles. The number of amides is 1. The van der Waals surface area contributed by atoms with Crippen LogP contribution in [0.3, 0.4) is 0 Å². The summed E-state index contributed by atoms with van der Waals surface area (Å²) in [7, 11) is 1.86. The van der Waals surface area contributed by atoms with Gasteiger partial charge in [0.15, 0.2) is 5.82 Å². The molecule has 1 aromatic heterocycles. The highest BCUT2D eigenvalue weighted by Gasteiger charge is 2.31. The molecule has 1 saturated carbocycles. The number of aromatic nitrogens is 3. The molecule has 1 amide bonds. The van der Waals surface area contributed by atoms with E-state index in [1.54, 1.807) is 10.9 Å². The third-order valence-corrected chi connectivity index (χ3v) is 3.52. The van der Waals surface area contributed by atoms with Gasteiger partial charge in [-0.2, -0.15) is 0 Å². The lowest BCUT2D eigenvalue weighted by Crippen LogP contribution is -2.35. The highest BCUT2D eigenvalue weighted by molar-refractivity contribution is 5.79. The van der Waals surface area contributed by atoms with Crippen LogP contribution >= 0.6 is 0 Å². The maximum atomic E-state index is 12.0. The lowest BCUT2D eigenvalue weighted by molar-refractivity contribution is -0.126. The van der Waals surface area contributed by atoms with E-state index in [0.717, 1.165) is 25.1 Å². The Morgan fingerprint density at radius 2 is 2.47 bits per heavy atom. The van der Waals surface area contributed by atoms with Crippen molar-refractivity contribution >= 4 is 5.91 Å². The molecule has 6 heteroatoms. The van der Waals surface area contributed by atoms with Gasteiger partial charge in [0.1, 0.15) is 6.33 Å². The number of carbonyl (C=O) groups is 1. The van der Waals surface area contributed by atoms with Crippen LogP contribution in [0.15, 0.2) is 6.33 Å². The van der Waals surface area contributed by atoms with E-state index >= 15 is 0 Å². The maximum Gasteiger partial charge on any atom is 0.223 e. The number of rotatable bonds is 4. The number of hydrogen-bond donors (Lipinski definition) is 2. The minimum absolute atomic E-state index is 0.0771. The Kier molecular flexibility index (Phi) is 3.73. The van der Waals surface area contributed by atoms with Crippen LogP contribution in [0.4, 0.5) is 0 Å². The number of aryl methyl sites for hydroxylation is 1. The molecule has 6 nitrogen and oxygen atoms in total. The third-order valence-electron chi connectivity index (χ3n) is 3.52. The molecule has 1 aliphatic carbocycles. The minimum atomic E-state index is 0.0771. The van der Waals surface area contributed by atoms with Gasteiger partial charge in [-0.15, -0.1) is 10.2 Å². The van der Waals surface area contributed by atoms with Gasteiger partial charge in [-0.3, -0.25) is 4.79 Å². The Morgan fingerprint density at radius 1 is 1.65 bits per heavy atom. The molecule has 2 atom stereocenters. The summed E-state index contributed by atoms with van der Waals surface area (Å²) in [5.74, 6) is 1.28. The van der Waals surface area contributed by atoms with E-state index in [1.165, 1.54) is 0 Å². The van der Waals surface area contributed by atoms with Gasteiger partial charge in [0.2, 0.25) is 5.91 Å². The second kappa shape index (κ2) is 5.27. The van der Waals surface area contributed by atoms with Gasteiger partial charge < -0.3 is 15.6 Å². The van der Waals surface area contributed by atoms with Crippen molar-refractivity contribution in [1.82, 2.24) is 20.1 Å². The number of carbonyl (C=O) groups excluding carboxylic acids is 1. The molecular formula is C11H19N5O. The van der Waals surface area contributed by atoms with Crippen LogP contribution in [0, 0.1) is 11.8 Å². The molecule has 94 valence electrons. The summed E-state index contributed by atoms with van der Waals surface area (Å²) in [5.41, 5.74) is 5.67. The fourth-order valence-electron chi connectivity index (χ4n) is 2.43. The maximum absolute atomic E-state index is 12.0. The summed E-state index contributed by atoms with van der Waals surface area (Å²) in [4.78, 5) is 12.0. The van der Waals surface area contributed by atoms with Crippen LogP contribution in [0.2, 0.25) is 0 Å². The summed E-state index contributed by atoms with van der Waals surface area (Å²) < 4.78 is 1.80. The Hall–Kier alpha value is -1.43. The molecule has 0 bridgehead atoms. The zero-order valence-corrected chi connectivity index (χ0v) is 10.1. The highest BCUT2D eigenvalue weighted by Crippen LogP contribution is 2.30. The molecule has 2 rings (SSSR count). The summed E-state index contributed by atoms with van der Waals surface area (Å²) in [5, 5.41) is 10.6. The van der Waals surface area contributed by atoms with Crippen molar-refractivity contribution in [1.29, 1.82) is 0 Å². The molecule has 3 N–H and O–H groups in total. The predicted octanol–water partition coefficient (Wildman–Crippen LogP) is -0.194. The molecule has 1 aromatic rings. The van der Waals surface area contributed by atoms with Crippen molar-refractivity contribution < 1.29 is 4.79 Å². The van der Waals surface area contributed by atoms with Crippen LogP contribution in [0.5, 0.6) is 0 Å². The first-order chi connectivity index (χ1) is 8.22. The van der Waals surface area contributed by atoms with Crippen LogP contribution in [-0.2, 0) is 18.4 Å². The smallest absolute Gasteiger partial charge is 0.223 e. The van der Waals surface area contributed by atoms with Gasteiger partial charge in [-0.1, -0.05) is 6.42 Å². The van der Waals surface area contributed by atoms with Crippen molar-refractivity contribution in [2.45, 2.75) is 25.8 Å². The molecular weight excluding hydrogens is 218 g/mol. The Morgan fingerprint density at radius 3 is 3.12 bits per heavy atom. The lowest BCUT2D eigenvalue weighted by Gasteiger charge is -2.17. The van der Waals surface area contributed by atoms with E-state index in [4.69, 9.17) is 5.73 Å². The highest BCUT2D eigenvalue weighted by atomic mass is 16.1. The standard InChI is InChI=1S/C11H19N5O/c1-16-7-14-15-10(16)6-13-11(17)9-4-2-3-8(9)5-12/h7-9H,2-6,12H2,1H3,(H,13,17). The number of nitrogens with zero attached hydrogens (tertiary/aromatic N) is 3. The zero-order valence-electron chi connectivity index (χ0n) is 10.1. The summed E-state index contributed by atoms with van der Waals surface area (Å²) in [6, 6.07) is 0. The lowest BCUT2D eigenvalue weighted by atomic mass is 9.95. The van der Waals surface area contributed by atoms with Crippen LogP contribution in [0.1, 0.15) is 25.1 Å². The summed E-state index contributed by atoms with van der Waals surface area (Å²) >= 11 is 0. The van der Waals surface area contributed by atoms with E-state index in [0.29, 0.717) is 19.0 Å². The molecule has 0 radical (unpaired) electrons. The van der Waals surface area contributed by atoms with Crippen molar-refractivity contribution in [3.8, 4) is 0 Å². The first-order valence-corrected chi connectivity index (χ1v) is 6.03. The van der Waals surface area contributed by atoms with Crippen molar-refractivity contribution in [3.63, 3.8) is 0 Å². The number of nitrogens with one attached hydrogen (secondary N) is 1. The Balaban J connectivity index is 1.87. The van der Waals surface area contributed by atoms with Gasteiger partial charge >= 0.3 is 0 Å². The first-order valence-electron chi connectivity index (χ1n) is 6.03. The first kappa shape index (κ1) is 12.0. The van der Waals surface area contributed by atoms with E-state index < -0.39 is 0 Å². The van der Waals surface area contributed by atoms with Gasteiger partial charge in [0.05, 0.1) is 6.54 Å². The van der Waals surface area contributed by atoms with Gasteiger partial charge in [-0.05, 0) is 25.3 Å². The molecule has 0 aliphatic heterocycles. The molecule has 2 unspecified atom stereocenters. The van der Waals surface area contributed by atoms with Crippen LogP contribution < -0.4 is 11.1 Å². The van der Waals surface area contributed by atoms with Gasteiger partial charge in [0.25, 0.3) is 0 Å². The number of hydrogen-bond acceptors (Lipinski definition) is 4. The monoisotopic (exact) mass is 237 g/mol. The zero-order chi connectivity index (χ0) is 12.3. The fourth-order valence-corrected chi connectivity index (χ4v) is 2.43. The average Bonchev–Trinajstić information content (AvgIpc) is 2.94. The van der Waals surface area contributed by atoms with Gasteiger partial charge in [0, 0.05) is 13.0 Å². The molecule has 0 aromatic carbocycles. The largest absolute Gasteiger partial charge is 0.349 e. The second-order valence-corrected chi connectivity index (χ2v) is 4.61. The van der Waals surface area contributed by atoms with E-state index in [2.05, 4.69) is 15.5 Å². The third kappa shape index (κ3) is 2.63. The predicted molar refractivity (Wildman–Crippen MR) is 62.7 cm³/mol. The van der Waals surface area contributed by atoms with E-state index in [1.807, 2.05) is 7.05 Å². The second-order valence-electron chi connectivity index (χ2n) is 4.61. The van der Waals surface area contributed by atoms with Crippen LogP contribution in [-0.4, -0.2) is 27.2 Å². The van der Waals surface area contributed by atoms with E-state index in [9.17, 15) is 4.79 Å². The summed E-state index contributed by atoms with van der Waals surface area (Å²) in [6.45, 7) is 1.03. The fraction of sp³-hybridized carbons (Fsp3) is 0.727. The SMILES string of the molecule is Cn1cnnc1CNC(=O)C1CCCC1CN. The van der Waals surface area contributed by atoms with E-state index in [-0.39, 0.29) is 11.8 Å². The molecule has 1 fully saturated rings. The molecule has 17 heavy (non-hydrogen) atoms. The van der Waals surface area contributed by atoms with Crippen LogP contribution in [0.25, 0.3) is 0 Å². The van der Waals surface area contributed by atoms with Gasteiger partial charge in [-0.25, -0.2) is 0 Å². The molecule has 1 aliphatic rings. The Labute approximate surface area is 101 Å².